The molecule has 2 N–H and O–H groups in total. The zero-order valence-electron chi connectivity index (χ0n) is 28.7. The Morgan fingerprint density at radius 3 is 1.65 bits per heavy atom. The van der Waals surface area contributed by atoms with Crippen molar-refractivity contribution in [3.05, 3.63) is 95.6 Å². The van der Waals surface area contributed by atoms with Crippen molar-refractivity contribution in [3.8, 4) is 11.1 Å². The van der Waals surface area contributed by atoms with Gasteiger partial charge in [-0.05, 0) is 69.4 Å². The first-order valence-electron chi connectivity index (χ1n) is 16.2. The lowest BCUT2D eigenvalue weighted by Crippen LogP contribution is -2.53. The zero-order valence-corrected chi connectivity index (χ0v) is 28.7. The van der Waals surface area contributed by atoms with Crippen LogP contribution in [-0.2, 0) is 44.7 Å². The van der Waals surface area contributed by atoms with E-state index in [1.165, 1.54) is 0 Å². The topological polar surface area (TPSA) is 146 Å². The largest absolute Gasteiger partial charge is 0.460 e. The average Bonchev–Trinajstić information content (AvgIpc) is 3.34. The molecular weight excluding hydrogens is 628 g/mol. The molecule has 0 fully saturated rings. The summed E-state index contributed by atoms with van der Waals surface area (Å²) in [7, 11) is 0. The normalized spacial score (nSPS) is 13.6. The molecule has 1 aliphatic rings. The second-order valence-electron chi connectivity index (χ2n) is 13.8. The van der Waals surface area contributed by atoms with Gasteiger partial charge in [0.05, 0.1) is 12.8 Å². The second kappa shape index (κ2) is 15.8. The standard InChI is InChI=1S/C38H44N2O9/c1-37(2,3)48-32(41)20-30(40-36(45)47-23-29-27-18-12-10-16-25(27)26-17-11-13-19-28(26)29)34(43)39-31(21-33(42)49-38(4,5)6)35(44)46-22-24-14-8-7-9-15-24/h7-19,29-31H,20-23H2,1-6H3,(H,39,43)(H,40,45)/t30-,31-/m0/s1. The lowest BCUT2D eigenvalue weighted by Gasteiger charge is -2.25. The van der Waals surface area contributed by atoms with Crippen molar-refractivity contribution in [2.75, 3.05) is 6.61 Å². The summed E-state index contributed by atoms with van der Waals surface area (Å²) in [5.74, 6) is -3.61. The third-order valence-electron chi connectivity index (χ3n) is 7.36. The van der Waals surface area contributed by atoms with E-state index >= 15 is 0 Å². The Bertz CT molecular complexity index is 1610. The van der Waals surface area contributed by atoms with Gasteiger partial charge in [-0.25, -0.2) is 9.59 Å². The maximum absolute atomic E-state index is 13.7. The SMILES string of the molecule is CC(C)(C)OC(=O)C[C@H](NC(=O)OCC1c2ccccc2-c2ccccc21)C(=O)N[C@@H](CC(=O)OC(C)(C)C)C(=O)OCc1ccccc1. The van der Waals surface area contributed by atoms with Crippen LogP contribution >= 0.6 is 0 Å². The van der Waals surface area contributed by atoms with Crippen LogP contribution in [0.1, 0.15) is 77.0 Å². The van der Waals surface area contributed by atoms with E-state index < -0.39 is 66.0 Å². The van der Waals surface area contributed by atoms with Gasteiger partial charge in [-0.3, -0.25) is 14.4 Å². The van der Waals surface area contributed by atoms with Gasteiger partial charge in [0.15, 0.2) is 0 Å². The highest BCUT2D eigenvalue weighted by atomic mass is 16.6. The Hall–Kier alpha value is -5.19. The Morgan fingerprint density at radius 2 is 1.12 bits per heavy atom. The summed E-state index contributed by atoms with van der Waals surface area (Å²) >= 11 is 0. The van der Waals surface area contributed by atoms with Gasteiger partial charge in [0.2, 0.25) is 5.91 Å². The molecule has 0 bridgehead atoms. The maximum atomic E-state index is 13.7. The molecule has 0 saturated carbocycles. The second-order valence-corrected chi connectivity index (χ2v) is 13.8. The summed E-state index contributed by atoms with van der Waals surface area (Å²) in [6.45, 7) is 9.85. The van der Waals surface area contributed by atoms with E-state index in [0.717, 1.165) is 22.3 Å². The van der Waals surface area contributed by atoms with E-state index in [4.69, 9.17) is 18.9 Å². The highest BCUT2D eigenvalue weighted by Crippen LogP contribution is 2.44. The maximum Gasteiger partial charge on any atom is 0.407 e. The van der Waals surface area contributed by atoms with Crippen LogP contribution in [0.25, 0.3) is 11.1 Å². The van der Waals surface area contributed by atoms with Gasteiger partial charge >= 0.3 is 24.0 Å². The van der Waals surface area contributed by atoms with Crippen molar-refractivity contribution >= 4 is 29.9 Å². The number of fused-ring (bicyclic) bond motifs is 3. The number of hydrogen-bond donors (Lipinski definition) is 2. The first-order valence-corrected chi connectivity index (χ1v) is 16.2. The number of alkyl carbamates (subject to hydrolysis) is 1. The zero-order chi connectivity index (χ0) is 35.8. The lowest BCUT2D eigenvalue weighted by molar-refractivity contribution is -0.161. The van der Waals surface area contributed by atoms with Crippen molar-refractivity contribution in [2.45, 2.75) is 90.2 Å². The van der Waals surface area contributed by atoms with Crippen molar-refractivity contribution in [1.82, 2.24) is 10.6 Å². The number of rotatable bonds is 12. The van der Waals surface area contributed by atoms with E-state index in [1.54, 1.807) is 65.8 Å². The molecule has 2 amide bonds. The molecule has 0 unspecified atom stereocenters. The molecular formula is C38H44N2O9. The summed E-state index contributed by atoms with van der Waals surface area (Å²) < 4.78 is 21.8. The molecule has 2 atom stereocenters. The van der Waals surface area contributed by atoms with E-state index in [-0.39, 0.29) is 19.1 Å². The molecule has 0 spiro atoms. The van der Waals surface area contributed by atoms with Crippen molar-refractivity contribution < 1.29 is 42.9 Å². The molecule has 3 aromatic rings. The molecule has 4 rings (SSSR count). The number of amides is 2. The number of nitrogens with one attached hydrogen (secondary N) is 2. The first-order chi connectivity index (χ1) is 23.1. The smallest absolute Gasteiger partial charge is 0.407 e. The van der Waals surface area contributed by atoms with Crippen LogP contribution in [0.15, 0.2) is 78.9 Å². The molecule has 0 saturated heterocycles. The summed E-state index contributed by atoms with van der Waals surface area (Å²) in [5.41, 5.74) is 3.05. The quantitative estimate of drug-likeness (QED) is 0.186. The van der Waals surface area contributed by atoms with E-state index in [9.17, 15) is 24.0 Å². The van der Waals surface area contributed by atoms with Crippen molar-refractivity contribution in [1.29, 1.82) is 0 Å². The van der Waals surface area contributed by atoms with Crippen LogP contribution in [0.5, 0.6) is 0 Å². The molecule has 0 aliphatic heterocycles. The summed E-state index contributed by atoms with van der Waals surface area (Å²) in [6, 6.07) is 21.5. The van der Waals surface area contributed by atoms with Gasteiger partial charge in [0, 0.05) is 5.92 Å². The van der Waals surface area contributed by atoms with Crippen LogP contribution in [0.2, 0.25) is 0 Å². The third-order valence-corrected chi connectivity index (χ3v) is 7.36. The van der Waals surface area contributed by atoms with Crippen molar-refractivity contribution in [3.63, 3.8) is 0 Å². The van der Waals surface area contributed by atoms with E-state index in [1.807, 2.05) is 54.6 Å². The summed E-state index contributed by atoms with van der Waals surface area (Å²) in [4.78, 5) is 65.7. The Kier molecular flexibility index (Phi) is 11.8. The highest BCUT2D eigenvalue weighted by molar-refractivity contribution is 5.93. The third kappa shape index (κ3) is 10.9. The molecule has 260 valence electrons. The van der Waals surface area contributed by atoms with Gasteiger partial charge in [-0.1, -0.05) is 78.9 Å². The van der Waals surface area contributed by atoms with E-state index in [2.05, 4.69) is 10.6 Å². The number of hydrogen-bond acceptors (Lipinski definition) is 9. The summed E-state index contributed by atoms with van der Waals surface area (Å²) in [6.07, 6.45) is -2.09. The fourth-order valence-corrected chi connectivity index (χ4v) is 5.39. The predicted molar refractivity (Wildman–Crippen MR) is 181 cm³/mol. The molecule has 1 aliphatic carbocycles. The minimum atomic E-state index is -1.52. The summed E-state index contributed by atoms with van der Waals surface area (Å²) in [5, 5.41) is 4.93. The van der Waals surface area contributed by atoms with Gasteiger partial charge in [0.25, 0.3) is 0 Å². The van der Waals surface area contributed by atoms with Crippen LogP contribution in [0, 0.1) is 0 Å². The van der Waals surface area contributed by atoms with Crippen LogP contribution in [-0.4, -0.2) is 59.8 Å². The molecule has 11 heteroatoms. The molecule has 0 heterocycles. The van der Waals surface area contributed by atoms with Crippen molar-refractivity contribution in [2.24, 2.45) is 0 Å². The monoisotopic (exact) mass is 672 g/mol. The van der Waals surface area contributed by atoms with Crippen LogP contribution in [0.4, 0.5) is 4.79 Å². The lowest BCUT2D eigenvalue weighted by atomic mass is 9.98. The van der Waals surface area contributed by atoms with Gasteiger partial charge in [0.1, 0.15) is 36.5 Å². The van der Waals surface area contributed by atoms with E-state index in [0.29, 0.717) is 5.56 Å². The molecule has 0 aromatic heterocycles. The predicted octanol–water partition coefficient (Wildman–Crippen LogP) is 5.59. The Morgan fingerprint density at radius 1 is 0.633 bits per heavy atom. The number of esters is 3. The molecule has 49 heavy (non-hydrogen) atoms. The number of carbonyl (C=O) groups excluding carboxylic acids is 5. The fourth-order valence-electron chi connectivity index (χ4n) is 5.39. The van der Waals surface area contributed by atoms with Crippen LogP contribution in [0.3, 0.4) is 0 Å². The van der Waals surface area contributed by atoms with Crippen LogP contribution < -0.4 is 10.6 Å². The molecule has 0 radical (unpaired) electrons. The number of benzene rings is 3. The number of ether oxygens (including phenoxy) is 4. The highest BCUT2D eigenvalue weighted by Gasteiger charge is 2.34. The minimum Gasteiger partial charge on any atom is -0.460 e. The minimum absolute atomic E-state index is 0.0340. The van der Waals surface area contributed by atoms with Gasteiger partial charge < -0.3 is 29.6 Å². The Labute approximate surface area is 286 Å². The first kappa shape index (κ1) is 36.6. The van der Waals surface area contributed by atoms with Gasteiger partial charge in [-0.2, -0.15) is 0 Å². The van der Waals surface area contributed by atoms with Gasteiger partial charge in [-0.15, -0.1) is 0 Å². The average molecular weight is 673 g/mol. The molecule has 11 nitrogen and oxygen atoms in total. The number of carbonyl (C=O) groups is 5. The Balaban J connectivity index is 1.49. The molecule has 3 aromatic carbocycles. The fraction of sp³-hybridized carbons (Fsp3) is 0.395.